The lowest BCUT2D eigenvalue weighted by molar-refractivity contribution is -0.385. The fourth-order valence-electron chi connectivity index (χ4n) is 1.80. The molecular weight excluding hydrogens is 252 g/mol. The summed E-state index contributed by atoms with van der Waals surface area (Å²) in [6.07, 6.45) is 2.70. The Bertz CT molecular complexity index is 421. The van der Waals surface area contributed by atoms with Crippen molar-refractivity contribution < 1.29 is 4.92 Å². The molecule has 0 saturated carbocycles. The Balaban J connectivity index is 3.06. The van der Waals surface area contributed by atoms with Gasteiger partial charge in [-0.2, -0.15) is 0 Å². The lowest BCUT2D eigenvalue weighted by Gasteiger charge is -2.14. The minimum Gasteiger partial charge on any atom is -0.315 e. The molecule has 0 aliphatic heterocycles. The number of hydrogen-bond acceptors (Lipinski definition) is 3. The fourth-order valence-corrected chi connectivity index (χ4v) is 1.94. The monoisotopic (exact) mass is 270 g/mol. The number of alkyl halides is 1. The maximum absolute atomic E-state index is 11.1. The zero-order chi connectivity index (χ0) is 13.7. The van der Waals surface area contributed by atoms with Crippen molar-refractivity contribution in [2.75, 3.05) is 0 Å². The molecule has 1 aromatic rings. The minimum absolute atomic E-state index is 0.106. The van der Waals surface area contributed by atoms with E-state index in [4.69, 9.17) is 17.3 Å². The molecule has 0 bridgehead atoms. The summed E-state index contributed by atoms with van der Waals surface area (Å²) in [4.78, 5) is 10.7. The first-order valence-corrected chi connectivity index (χ1v) is 6.57. The summed E-state index contributed by atoms with van der Waals surface area (Å²) in [5.74, 6) is -0.106. The summed E-state index contributed by atoms with van der Waals surface area (Å²) in [6.45, 7) is 3.93. The van der Waals surface area contributed by atoms with Gasteiger partial charge in [-0.15, -0.1) is 11.6 Å². The fraction of sp³-hybridized carbons (Fsp3) is 0.538. The molecule has 4 nitrogen and oxygen atoms in total. The number of nitrogens with zero attached hydrogens (tertiary/aromatic N) is 1. The van der Waals surface area contributed by atoms with Crippen LogP contribution in [0.3, 0.4) is 0 Å². The standard InChI is InChI=1S/C13H19ClN2O2/c1-3-4-5-10-6-7-11(9(2)13(14)15)8-12(10)16(17)18/h6-9,13H,3-5,15H2,1-2H3. The summed E-state index contributed by atoms with van der Waals surface area (Å²) in [5, 5.41) is 11.1. The van der Waals surface area contributed by atoms with Gasteiger partial charge in [0.2, 0.25) is 0 Å². The molecule has 0 spiro atoms. The zero-order valence-corrected chi connectivity index (χ0v) is 11.5. The van der Waals surface area contributed by atoms with Gasteiger partial charge >= 0.3 is 0 Å². The van der Waals surface area contributed by atoms with Gasteiger partial charge in [-0.05, 0) is 18.4 Å². The van der Waals surface area contributed by atoms with Crippen LogP contribution in [0.2, 0.25) is 0 Å². The van der Waals surface area contributed by atoms with E-state index in [0.29, 0.717) is 0 Å². The summed E-state index contributed by atoms with van der Waals surface area (Å²) in [5.41, 5.74) is 6.83. The first kappa shape index (κ1) is 14.9. The van der Waals surface area contributed by atoms with Crippen LogP contribution in [0.15, 0.2) is 18.2 Å². The van der Waals surface area contributed by atoms with Gasteiger partial charge in [0, 0.05) is 17.5 Å². The van der Waals surface area contributed by atoms with Crippen LogP contribution in [-0.4, -0.2) is 10.4 Å². The van der Waals surface area contributed by atoms with Crippen LogP contribution < -0.4 is 5.73 Å². The van der Waals surface area contributed by atoms with Gasteiger partial charge in [0.05, 0.1) is 10.4 Å². The molecule has 0 aliphatic rings. The highest BCUT2D eigenvalue weighted by molar-refractivity contribution is 6.20. The van der Waals surface area contributed by atoms with Gasteiger partial charge in [0.25, 0.3) is 5.69 Å². The second-order valence-corrected chi connectivity index (χ2v) is 4.99. The molecule has 2 atom stereocenters. The lowest BCUT2D eigenvalue weighted by atomic mass is 9.97. The number of hydrogen-bond donors (Lipinski definition) is 1. The zero-order valence-electron chi connectivity index (χ0n) is 10.7. The van der Waals surface area contributed by atoms with Crippen molar-refractivity contribution in [3.63, 3.8) is 0 Å². The Morgan fingerprint density at radius 2 is 2.17 bits per heavy atom. The van der Waals surface area contributed by atoms with Crippen molar-refractivity contribution in [2.24, 2.45) is 5.73 Å². The highest BCUT2D eigenvalue weighted by atomic mass is 35.5. The quantitative estimate of drug-likeness (QED) is 0.372. The van der Waals surface area contributed by atoms with Crippen molar-refractivity contribution in [1.29, 1.82) is 0 Å². The second-order valence-electron chi connectivity index (χ2n) is 4.48. The third-order valence-corrected chi connectivity index (χ3v) is 3.49. The average molecular weight is 271 g/mol. The molecule has 2 N–H and O–H groups in total. The predicted octanol–water partition coefficient (Wildman–Crippen LogP) is 3.56. The molecule has 18 heavy (non-hydrogen) atoms. The Labute approximate surface area is 112 Å². The SMILES string of the molecule is CCCCc1ccc(C(C)C(N)Cl)cc1[N+](=O)[O-]. The van der Waals surface area contributed by atoms with Gasteiger partial charge < -0.3 is 5.73 Å². The van der Waals surface area contributed by atoms with E-state index in [0.717, 1.165) is 30.4 Å². The minimum atomic E-state index is -0.536. The maximum atomic E-state index is 11.1. The lowest BCUT2D eigenvalue weighted by Crippen LogP contribution is -2.19. The Kier molecular flexibility index (Phi) is 5.56. The predicted molar refractivity (Wildman–Crippen MR) is 74.0 cm³/mol. The summed E-state index contributed by atoms with van der Waals surface area (Å²) in [6, 6.07) is 5.29. The molecule has 2 unspecified atom stereocenters. The number of nitrogens with two attached hydrogens (primary N) is 1. The molecule has 0 heterocycles. The van der Waals surface area contributed by atoms with E-state index >= 15 is 0 Å². The topological polar surface area (TPSA) is 69.2 Å². The van der Waals surface area contributed by atoms with Gasteiger partial charge in [-0.1, -0.05) is 32.4 Å². The summed E-state index contributed by atoms with van der Waals surface area (Å²) in [7, 11) is 0. The van der Waals surface area contributed by atoms with Crippen LogP contribution >= 0.6 is 11.6 Å². The number of aryl methyl sites for hydroxylation is 1. The van der Waals surface area contributed by atoms with Crippen LogP contribution in [0, 0.1) is 10.1 Å². The van der Waals surface area contributed by atoms with E-state index in [1.165, 1.54) is 0 Å². The molecule has 0 radical (unpaired) electrons. The van der Waals surface area contributed by atoms with E-state index in [9.17, 15) is 10.1 Å². The maximum Gasteiger partial charge on any atom is 0.272 e. The second kappa shape index (κ2) is 6.71. The number of nitro benzene ring substituents is 1. The van der Waals surface area contributed by atoms with E-state index in [1.54, 1.807) is 6.07 Å². The third-order valence-electron chi connectivity index (χ3n) is 3.11. The van der Waals surface area contributed by atoms with Crippen molar-refractivity contribution in [2.45, 2.75) is 44.5 Å². The van der Waals surface area contributed by atoms with Crippen LogP contribution in [0.4, 0.5) is 5.69 Å². The Morgan fingerprint density at radius 3 is 2.67 bits per heavy atom. The number of unbranched alkanes of at least 4 members (excludes halogenated alkanes) is 1. The van der Waals surface area contributed by atoms with Gasteiger partial charge in [-0.25, -0.2) is 0 Å². The molecule has 0 aromatic heterocycles. The largest absolute Gasteiger partial charge is 0.315 e. The first-order valence-electron chi connectivity index (χ1n) is 6.14. The van der Waals surface area contributed by atoms with Gasteiger partial charge in [-0.3, -0.25) is 10.1 Å². The smallest absolute Gasteiger partial charge is 0.272 e. The molecule has 0 fully saturated rings. The average Bonchev–Trinajstić information content (AvgIpc) is 2.34. The van der Waals surface area contributed by atoms with Crippen LogP contribution in [0.25, 0.3) is 0 Å². The summed E-state index contributed by atoms with van der Waals surface area (Å²) < 4.78 is 0. The van der Waals surface area contributed by atoms with E-state index in [1.807, 2.05) is 19.1 Å². The van der Waals surface area contributed by atoms with E-state index in [2.05, 4.69) is 6.92 Å². The van der Waals surface area contributed by atoms with Gasteiger partial charge in [0.1, 0.15) is 0 Å². The molecule has 1 rings (SSSR count). The first-order chi connectivity index (χ1) is 8.47. The van der Waals surface area contributed by atoms with Crippen LogP contribution in [-0.2, 0) is 6.42 Å². The highest BCUT2D eigenvalue weighted by Crippen LogP contribution is 2.28. The normalized spacial score (nSPS) is 14.2. The summed E-state index contributed by atoms with van der Waals surface area (Å²) >= 11 is 5.83. The molecule has 0 amide bonds. The molecule has 0 saturated heterocycles. The van der Waals surface area contributed by atoms with E-state index < -0.39 is 5.50 Å². The molecular formula is C13H19ClN2O2. The van der Waals surface area contributed by atoms with E-state index in [-0.39, 0.29) is 16.5 Å². The number of nitro groups is 1. The van der Waals surface area contributed by atoms with Crippen LogP contribution in [0.5, 0.6) is 0 Å². The molecule has 100 valence electrons. The number of rotatable bonds is 6. The Hall–Kier alpha value is -1.13. The van der Waals surface area contributed by atoms with Crippen molar-refractivity contribution >= 4 is 17.3 Å². The van der Waals surface area contributed by atoms with Crippen molar-refractivity contribution in [3.8, 4) is 0 Å². The van der Waals surface area contributed by atoms with Crippen molar-refractivity contribution in [1.82, 2.24) is 0 Å². The number of benzene rings is 1. The molecule has 0 aliphatic carbocycles. The highest BCUT2D eigenvalue weighted by Gasteiger charge is 2.18. The number of halogens is 1. The third kappa shape index (κ3) is 3.68. The van der Waals surface area contributed by atoms with Gasteiger partial charge in [0.15, 0.2) is 0 Å². The molecule has 5 heteroatoms. The Morgan fingerprint density at radius 1 is 1.50 bits per heavy atom. The van der Waals surface area contributed by atoms with Crippen molar-refractivity contribution in [3.05, 3.63) is 39.4 Å². The van der Waals surface area contributed by atoms with Crippen LogP contribution in [0.1, 0.15) is 43.7 Å². The molecule has 1 aromatic carbocycles.